The Kier molecular flexibility index (Phi) is 2.60. The van der Waals surface area contributed by atoms with Crippen molar-refractivity contribution in [3.8, 4) is 11.3 Å². The molecular formula is C13H14N4O. The van der Waals surface area contributed by atoms with Crippen molar-refractivity contribution in [2.45, 2.75) is 19.9 Å². The van der Waals surface area contributed by atoms with E-state index in [2.05, 4.69) is 28.1 Å². The molecule has 0 aliphatic rings. The summed E-state index contributed by atoms with van der Waals surface area (Å²) in [6.45, 7) is 2.51. The molecule has 3 rings (SSSR count). The van der Waals surface area contributed by atoms with Gasteiger partial charge in [0.05, 0.1) is 24.6 Å². The molecule has 18 heavy (non-hydrogen) atoms. The number of H-pyrrole nitrogens is 1. The van der Waals surface area contributed by atoms with Crippen LogP contribution < -0.4 is 5.73 Å². The van der Waals surface area contributed by atoms with Crippen LogP contribution in [-0.4, -0.2) is 15.1 Å². The number of aromatic amines is 1. The van der Waals surface area contributed by atoms with Crippen molar-refractivity contribution < 1.29 is 4.52 Å². The van der Waals surface area contributed by atoms with E-state index in [9.17, 15) is 0 Å². The molecule has 0 aliphatic carbocycles. The summed E-state index contributed by atoms with van der Waals surface area (Å²) in [6, 6.07) is 4.12. The van der Waals surface area contributed by atoms with Crippen LogP contribution in [0.15, 0.2) is 29.0 Å². The lowest BCUT2D eigenvalue weighted by Gasteiger charge is -2.02. The Morgan fingerprint density at radius 2 is 2.22 bits per heavy atom. The Morgan fingerprint density at radius 1 is 1.33 bits per heavy atom. The normalized spacial score (nSPS) is 11.2. The molecule has 0 radical (unpaired) electrons. The Hall–Kier alpha value is -2.14. The van der Waals surface area contributed by atoms with E-state index in [0.29, 0.717) is 6.54 Å². The number of hydrogen-bond donors (Lipinski definition) is 2. The second-order valence-corrected chi connectivity index (χ2v) is 4.14. The standard InChI is InChI=1S/C13H14N4O/c1-2-8-3-4-9(13-10(8)6-16-18-13)11-7-15-12(5-14)17-11/h3-4,6-7H,2,5,14H2,1H3,(H,15,17). The molecule has 3 aromatic rings. The van der Waals surface area contributed by atoms with Gasteiger partial charge in [0.1, 0.15) is 5.82 Å². The van der Waals surface area contributed by atoms with Crippen LogP contribution in [0.25, 0.3) is 22.2 Å². The van der Waals surface area contributed by atoms with E-state index < -0.39 is 0 Å². The predicted molar refractivity (Wildman–Crippen MR) is 68.9 cm³/mol. The van der Waals surface area contributed by atoms with E-state index in [4.69, 9.17) is 10.3 Å². The van der Waals surface area contributed by atoms with Gasteiger partial charge in [-0.05, 0) is 18.1 Å². The third kappa shape index (κ3) is 1.60. The third-order valence-electron chi connectivity index (χ3n) is 3.11. The van der Waals surface area contributed by atoms with Crippen LogP contribution >= 0.6 is 0 Å². The van der Waals surface area contributed by atoms with Gasteiger partial charge in [0.15, 0.2) is 5.58 Å². The minimum atomic E-state index is 0.395. The number of aryl methyl sites for hydroxylation is 1. The molecule has 92 valence electrons. The van der Waals surface area contributed by atoms with Crippen LogP contribution in [0.5, 0.6) is 0 Å². The fourth-order valence-corrected chi connectivity index (χ4v) is 2.14. The SMILES string of the molecule is CCc1ccc(-c2cnc(CN)[nH]2)c2oncc12. The van der Waals surface area contributed by atoms with E-state index in [1.165, 1.54) is 5.56 Å². The zero-order chi connectivity index (χ0) is 12.5. The van der Waals surface area contributed by atoms with E-state index >= 15 is 0 Å². The molecule has 0 unspecified atom stereocenters. The van der Waals surface area contributed by atoms with Crippen LogP contribution in [-0.2, 0) is 13.0 Å². The first-order chi connectivity index (χ1) is 8.83. The highest BCUT2D eigenvalue weighted by Crippen LogP contribution is 2.29. The van der Waals surface area contributed by atoms with E-state index in [-0.39, 0.29) is 0 Å². The molecule has 2 aromatic heterocycles. The Balaban J connectivity index is 2.20. The van der Waals surface area contributed by atoms with E-state index in [0.717, 1.165) is 34.5 Å². The number of aromatic nitrogens is 3. The maximum absolute atomic E-state index is 5.55. The first kappa shape index (κ1) is 11.0. The van der Waals surface area contributed by atoms with Crippen molar-refractivity contribution in [2.24, 2.45) is 5.73 Å². The van der Waals surface area contributed by atoms with Gasteiger partial charge in [0.2, 0.25) is 0 Å². The molecule has 0 spiro atoms. The third-order valence-corrected chi connectivity index (χ3v) is 3.11. The van der Waals surface area contributed by atoms with Crippen molar-refractivity contribution in [2.75, 3.05) is 0 Å². The number of nitrogens with one attached hydrogen (secondary N) is 1. The molecular weight excluding hydrogens is 228 g/mol. The van der Waals surface area contributed by atoms with Crippen molar-refractivity contribution in [1.82, 2.24) is 15.1 Å². The minimum absolute atomic E-state index is 0.395. The number of rotatable bonds is 3. The second-order valence-electron chi connectivity index (χ2n) is 4.14. The average Bonchev–Trinajstić information content (AvgIpc) is 3.06. The van der Waals surface area contributed by atoms with Gasteiger partial charge in [-0.3, -0.25) is 0 Å². The Labute approximate surface area is 104 Å². The number of imidazole rings is 1. The molecule has 0 bridgehead atoms. The van der Waals surface area contributed by atoms with Gasteiger partial charge in [-0.2, -0.15) is 0 Å². The van der Waals surface area contributed by atoms with Gasteiger partial charge in [0, 0.05) is 10.9 Å². The van der Waals surface area contributed by atoms with Crippen molar-refractivity contribution in [1.29, 1.82) is 0 Å². The number of hydrogen-bond acceptors (Lipinski definition) is 4. The monoisotopic (exact) mass is 242 g/mol. The van der Waals surface area contributed by atoms with Crippen LogP contribution in [0.2, 0.25) is 0 Å². The quantitative estimate of drug-likeness (QED) is 0.738. The molecule has 0 aliphatic heterocycles. The average molecular weight is 242 g/mol. The molecule has 0 amide bonds. The number of fused-ring (bicyclic) bond motifs is 1. The van der Waals surface area contributed by atoms with Gasteiger partial charge in [-0.25, -0.2) is 4.98 Å². The first-order valence-electron chi connectivity index (χ1n) is 5.94. The second kappa shape index (κ2) is 4.27. The molecule has 5 heteroatoms. The summed E-state index contributed by atoms with van der Waals surface area (Å²) in [7, 11) is 0. The lowest BCUT2D eigenvalue weighted by Crippen LogP contribution is -1.97. The molecule has 2 heterocycles. The Bertz CT molecular complexity index is 683. The highest BCUT2D eigenvalue weighted by molar-refractivity contribution is 5.92. The van der Waals surface area contributed by atoms with Gasteiger partial charge in [0.25, 0.3) is 0 Å². The smallest absolute Gasteiger partial charge is 0.176 e. The molecule has 3 N–H and O–H groups in total. The minimum Gasteiger partial charge on any atom is -0.356 e. The summed E-state index contributed by atoms with van der Waals surface area (Å²) >= 11 is 0. The van der Waals surface area contributed by atoms with Crippen molar-refractivity contribution in [3.05, 3.63) is 35.9 Å². The summed E-state index contributed by atoms with van der Waals surface area (Å²) in [5, 5.41) is 4.94. The maximum atomic E-state index is 5.55. The molecule has 0 fully saturated rings. The fraction of sp³-hybridized carbons (Fsp3) is 0.231. The van der Waals surface area contributed by atoms with E-state index in [1.54, 1.807) is 12.4 Å². The first-order valence-corrected chi connectivity index (χ1v) is 5.94. The zero-order valence-corrected chi connectivity index (χ0v) is 10.1. The van der Waals surface area contributed by atoms with Gasteiger partial charge >= 0.3 is 0 Å². The van der Waals surface area contributed by atoms with Crippen molar-refractivity contribution >= 4 is 11.0 Å². The summed E-state index contributed by atoms with van der Waals surface area (Å²) in [6.07, 6.45) is 4.48. The van der Waals surface area contributed by atoms with Gasteiger partial charge in [-0.15, -0.1) is 0 Å². The maximum Gasteiger partial charge on any atom is 0.176 e. The zero-order valence-electron chi connectivity index (χ0n) is 10.1. The topological polar surface area (TPSA) is 80.7 Å². The largest absolute Gasteiger partial charge is 0.356 e. The summed E-state index contributed by atoms with van der Waals surface area (Å²) < 4.78 is 5.36. The Morgan fingerprint density at radius 3 is 2.94 bits per heavy atom. The van der Waals surface area contributed by atoms with Crippen LogP contribution in [0, 0.1) is 0 Å². The lowest BCUT2D eigenvalue weighted by atomic mass is 10.0. The lowest BCUT2D eigenvalue weighted by molar-refractivity contribution is 0.457. The molecule has 0 atom stereocenters. The summed E-state index contributed by atoms with van der Waals surface area (Å²) in [5.41, 5.74) is 9.44. The van der Waals surface area contributed by atoms with Crippen LogP contribution in [0.4, 0.5) is 0 Å². The van der Waals surface area contributed by atoms with E-state index in [1.807, 2.05) is 6.07 Å². The number of nitrogens with two attached hydrogens (primary N) is 1. The highest BCUT2D eigenvalue weighted by atomic mass is 16.5. The number of benzene rings is 1. The molecule has 5 nitrogen and oxygen atoms in total. The summed E-state index contributed by atoms with van der Waals surface area (Å²) in [5.74, 6) is 0.761. The predicted octanol–water partition coefficient (Wildman–Crippen LogP) is 2.24. The summed E-state index contributed by atoms with van der Waals surface area (Å²) in [4.78, 5) is 7.38. The highest BCUT2D eigenvalue weighted by Gasteiger charge is 2.12. The molecule has 0 saturated carbocycles. The van der Waals surface area contributed by atoms with Crippen LogP contribution in [0.3, 0.4) is 0 Å². The van der Waals surface area contributed by atoms with Gasteiger partial charge in [-0.1, -0.05) is 18.1 Å². The molecule has 1 aromatic carbocycles. The van der Waals surface area contributed by atoms with Crippen LogP contribution in [0.1, 0.15) is 18.3 Å². The molecule has 0 saturated heterocycles. The van der Waals surface area contributed by atoms with Gasteiger partial charge < -0.3 is 15.2 Å². The van der Waals surface area contributed by atoms with Crippen molar-refractivity contribution in [3.63, 3.8) is 0 Å². The fourth-order valence-electron chi connectivity index (χ4n) is 2.14. The number of nitrogens with zero attached hydrogens (tertiary/aromatic N) is 2.